The zero-order valence-corrected chi connectivity index (χ0v) is 15.0. The quantitative estimate of drug-likeness (QED) is 0.779. The molecule has 0 radical (unpaired) electrons. The number of carboxylic acids is 1. The predicted molar refractivity (Wildman–Crippen MR) is 89.5 cm³/mol. The van der Waals surface area contributed by atoms with Crippen LogP contribution in [0.3, 0.4) is 0 Å². The highest BCUT2D eigenvalue weighted by molar-refractivity contribution is 7.89. The molecule has 1 aromatic heterocycles. The number of halogens is 1. The lowest BCUT2D eigenvalue weighted by Gasteiger charge is -2.25. The first-order valence-electron chi connectivity index (χ1n) is 7.57. The van der Waals surface area contributed by atoms with Crippen LogP contribution in [0.15, 0.2) is 35.5 Å². The van der Waals surface area contributed by atoms with Crippen molar-refractivity contribution in [2.45, 2.75) is 44.0 Å². The van der Waals surface area contributed by atoms with Crippen LogP contribution in [0.4, 0.5) is 4.39 Å². The first-order valence-corrected chi connectivity index (χ1v) is 9.05. The molecule has 0 fully saturated rings. The normalized spacial score (nSPS) is 12.3. The fourth-order valence-electron chi connectivity index (χ4n) is 2.28. The van der Waals surface area contributed by atoms with Gasteiger partial charge >= 0.3 is 5.97 Å². The predicted octanol–water partition coefficient (Wildman–Crippen LogP) is 2.24. The molecule has 1 aromatic carbocycles. The van der Waals surface area contributed by atoms with Crippen molar-refractivity contribution in [1.29, 1.82) is 0 Å². The number of hydrogen-bond acceptors (Lipinski definition) is 4. The van der Waals surface area contributed by atoms with Crippen molar-refractivity contribution >= 4 is 16.0 Å². The van der Waals surface area contributed by atoms with Gasteiger partial charge in [-0.25, -0.2) is 22.2 Å². The second-order valence-electron chi connectivity index (χ2n) is 6.46. The van der Waals surface area contributed by atoms with Gasteiger partial charge in [0.05, 0.1) is 11.1 Å². The summed E-state index contributed by atoms with van der Waals surface area (Å²) in [5.74, 6) is -1.74. The fourth-order valence-corrected chi connectivity index (χ4v) is 3.73. The lowest BCUT2D eigenvalue weighted by atomic mass is 10.0. The van der Waals surface area contributed by atoms with Crippen molar-refractivity contribution in [3.8, 4) is 5.69 Å². The highest BCUT2D eigenvalue weighted by Gasteiger charge is 2.27. The smallest absolute Gasteiger partial charge is 0.303 e. The van der Waals surface area contributed by atoms with Crippen molar-refractivity contribution in [2.75, 3.05) is 0 Å². The molecule has 0 saturated carbocycles. The number of carbonyl (C=O) groups is 1. The van der Waals surface area contributed by atoms with Gasteiger partial charge in [0.25, 0.3) is 0 Å². The zero-order valence-electron chi connectivity index (χ0n) is 14.2. The Kier molecular flexibility index (Phi) is 5.28. The molecule has 25 heavy (non-hydrogen) atoms. The largest absolute Gasteiger partial charge is 0.481 e. The molecule has 7 nitrogen and oxygen atoms in total. The highest BCUT2D eigenvalue weighted by Crippen LogP contribution is 2.21. The third-order valence-electron chi connectivity index (χ3n) is 3.56. The SMILES string of the molecule is Cc1cnn(-c2ccc(S(=O)(=O)NC(C)(C)CCC(=O)O)cc2F)c1. The summed E-state index contributed by atoms with van der Waals surface area (Å²) < 4.78 is 43.0. The third-order valence-corrected chi connectivity index (χ3v) is 5.26. The Balaban J connectivity index is 2.25. The molecule has 1 heterocycles. The summed E-state index contributed by atoms with van der Waals surface area (Å²) in [5.41, 5.74) is 0.000916. The Morgan fingerprint density at radius 3 is 2.60 bits per heavy atom. The minimum atomic E-state index is -3.99. The van der Waals surface area contributed by atoms with E-state index >= 15 is 0 Å². The Morgan fingerprint density at radius 2 is 2.08 bits per heavy atom. The molecule has 0 aliphatic carbocycles. The molecular formula is C16H20FN3O4S. The van der Waals surface area contributed by atoms with E-state index in [2.05, 4.69) is 9.82 Å². The molecule has 2 N–H and O–H groups in total. The summed E-state index contributed by atoms with van der Waals surface area (Å²) in [4.78, 5) is 10.4. The number of aliphatic carboxylic acids is 1. The summed E-state index contributed by atoms with van der Waals surface area (Å²) >= 11 is 0. The van der Waals surface area contributed by atoms with Crippen molar-refractivity contribution in [1.82, 2.24) is 14.5 Å². The second kappa shape index (κ2) is 6.93. The average molecular weight is 369 g/mol. The lowest BCUT2D eigenvalue weighted by molar-refractivity contribution is -0.137. The summed E-state index contributed by atoms with van der Waals surface area (Å²) in [6.45, 7) is 4.96. The number of aromatic nitrogens is 2. The number of nitrogens with zero attached hydrogens (tertiary/aromatic N) is 2. The van der Waals surface area contributed by atoms with Gasteiger partial charge in [0.15, 0.2) is 0 Å². The van der Waals surface area contributed by atoms with Crippen LogP contribution < -0.4 is 4.72 Å². The molecule has 0 atom stereocenters. The summed E-state index contributed by atoms with van der Waals surface area (Å²) in [5, 5.41) is 12.7. The molecule has 9 heteroatoms. The fraction of sp³-hybridized carbons (Fsp3) is 0.375. The standard InChI is InChI=1S/C16H20FN3O4S/c1-11-9-18-20(10-11)14-5-4-12(8-13(14)17)25(23,24)19-16(2,3)7-6-15(21)22/h4-5,8-10,19H,6-7H2,1-3H3,(H,21,22). The summed E-state index contributed by atoms with van der Waals surface area (Å²) in [6.07, 6.45) is 3.12. The van der Waals surface area contributed by atoms with Crippen LogP contribution in [0.25, 0.3) is 5.69 Å². The molecule has 2 aromatic rings. The van der Waals surface area contributed by atoms with Crippen molar-refractivity contribution in [3.63, 3.8) is 0 Å². The maximum atomic E-state index is 14.3. The monoisotopic (exact) mass is 369 g/mol. The third kappa shape index (κ3) is 4.86. The molecule has 0 spiro atoms. The van der Waals surface area contributed by atoms with Crippen molar-refractivity contribution in [3.05, 3.63) is 42.0 Å². The molecule has 0 aliphatic heterocycles. The lowest BCUT2D eigenvalue weighted by Crippen LogP contribution is -2.43. The van der Waals surface area contributed by atoms with Gasteiger partial charge in [0.2, 0.25) is 10.0 Å². The van der Waals surface area contributed by atoms with Crippen LogP contribution in [0.2, 0.25) is 0 Å². The minimum Gasteiger partial charge on any atom is -0.481 e. The van der Waals surface area contributed by atoms with Gasteiger partial charge in [-0.05, 0) is 51.0 Å². The minimum absolute atomic E-state index is 0.106. The van der Waals surface area contributed by atoms with E-state index in [0.29, 0.717) is 0 Å². The summed E-state index contributed by atoms with van der Waals surface area (Å²) in [7, 11) is -3.99. The second-order valence-corrected chi connectivity index (χ2v) is 8.14. The molecule has 0 bridgehead atoms. The Labute approximate surface area is 145 Å². The van der Waals surface area contributed by atoms with Crippen LogP contribution in [0, 0.1) is 12.7 Å². The van der Waals surface area contributed by atoms with Crippen molar-refractivity contribution < 1.29 is 22.7 Å². The number of hydrogen-bond donors (Lipinski definition) is 2. The number of sulfonamides is 1. The molecule has 0 unspecified atom stereocenters. The number of nitrogens with one attached hydrogen (secondary N) is 1. The molecule has 136 valence electrons. The van der Waals surface area contributed by atoms with Gasteiger partial charge in [-0.15, -0.1) is 0 Å². The van der Waals surface area contributed by atoms with Crippen LogP contribution in [-0.4, -0.2) is 34.8 Å². The molecule has 0 saturated heterocycles. The topological polar surface area (TPSA) is 101 Å². The van der Waals surface area contributed by atoms with E-state index in [0.717, 1.165) is 11.6 Å². The van der Waals surface area contributed by atoms with Crippen LogP contribution in [0.1, 0.15) is 32.3 Å². The van der Waals surface area contributed by atoms with Crippen LogP contribution in [-0.2, 0) is 14.8 Å². The van der Waals surface area contributed by atoms with E-state index in [4.69, 9.17) is 5.11 Å². The van der Waals surface area contributed by atoms with Gasteiger partial charge in [0, 0.05) is 18.2 Å². The summed E-state index contributed by atoms with van der Waals surface area (Å²) in [6, 6.07) is 3.54. The zero-order chi connectivity index (χ0) is 18.8. The number of benzene rings is 1. The van der Waals surface area contributed by atoms with Gasteiger partial charge in [0.1, 0.15) is 11.5 Å². The van der Waals surface area contributed by atoms with E-state index < -0.39 is 27.3 Å². The Hall–Kier alpha value is -2.26. The first-order chi connectivity index (χ1) is 11.5. The molecule has 0 aliphatic rings. The van der Waals surface area contributed by atoms with Crippen LogP contribution >= 0.6 is 0 Å². The first kappa shape index (κ1) is 19.1. The van der Waals surface area contributed by atoms with E-state index in [1.54, 1.807) is 26.2 Å². The van der Waals surface area contributed by atoms with Gasteiger partial charge in [-0.2, -0.15) is 5.10 Å². The Bertz CT molecular complexity index is 891. The molecular weight excluding hydrogens is 349 g/mol. The van der Waals surface area contributed by atoms with Crippen molar-refractivity contribution in [2.24, 2.45) is 0 Å². The van der Waals surface area contributed by atoms with Gasteiger partial charge in [-0.1, -0.05) is 0 Å². The van der Waals surface area contributed by atoms with Crippen LogP contribution in [0.5, 0.6) is 0 Å². The maximum absolute atomic E-state index is 14.3. The van der Waals surface area contributed by atoms with Gasteiger partial charge in [-0.3, -0.25) is 4.79 Å². The van der Waals surface area contributed by atoms with E-state index in [-0.39, 0.29) is 23.4 Å². The molecule has 0 amide bonds. The van der Waals surface area contributed by atoms with Gasteiger partial charge < -0.3 is 5.11 Å². The average Bonchev–Trinajstić information content (AvgIpc) is 2.90. The van der Waals surface area contributed by atoms with E-state index in [9.17, 15) is 17.6 Å². The highest BCUT2D eigenvalue weighted by atomic mass is 32.2. The van der Waals surface area contributed by atoms with E-state index in [1.165, 1.54) is 16.8 Å². The number of rotatable bonds is 7. The van der Waals surface area contributed by atoms with E-state index in [1.807, 2.05) is 6.92 Å². The molecule has 2 rings (SSSR count). The number of carboxylic acid groups (broad SMARTS) is 1. The number of aryl methyl sites for hydroxylation is 1. The maximum Gasteiger partial charge on any atom is 0.303 e. The Morgan fingerprint density at radius 1 is 1.40 bits per heavy atom.